The summed E-state index contributed by atoms with van der Waals surface area (Å²) in [6, 6.07) is 5.82. The zero-order chi connectivity index (χ0) is 10.6. The van der Waals surface area contributed by atoms with Crippen molar-refractivity contribution in [2.45, 2.75) is 19.5 Å². The molecule has 0 aliphatic rings. The Morgan fingerprint density at radius 3 is 2.93 bits per heavy atom. The molecule has 14 heavy (non-hydrogen) atoms. The molecule has 0 heterocycles. The molecule has 1 atom stereocenters. The molecule has 0 spiro atoms. The molecule has 0 radical (unpaired) electrons. The minimum Gasteiger partial charge on any atom is -0.395 e. The topological polar surface area (TPSA) is 32.3 Å². The second-order valence-electron chi connectivity index (χ2n) is 3.20. The third-order valence-corrected chi connectivity index (χ3v) is 2.78. The number of aliphatic hydroxyl groups is 1. The van der Waals surface area contributed by atoms with Crippen LogP contribution in [0.3, 0.4) is 0 Å². The van der Waals surface area contributed by atoms with E-state index in [9.17, 15) is 0 Å². The van der Waals surface area contributed by atoms with E-state index in [0.717, 1.165) is 15.1 Å². The zero-order valence-electron chi connectivity index (χ0n) is 7.93. The smallest absolute Gasteiger partial charge is 0.0582 e. The quantitative estimate of drug-likeness (QED) is 0.887. The maximum absolute atomic E-state index is 8.83. The van der Waals surface area contributed by atoms with Crippen molar-refractivity contribution < 1.29 is 5.11 Å². The van der Waals surface area contributed by atoms with Crippen molar-refractivity contribution in [2.24, 2.45) is 0 Å². The third-order valence-electron chi connectivity index (χ3n) is 1.92. The lowest BCUT2D eigenvalue weighted by Gasteiger charge is -2.11. The molecule has 0 unspecified atom stereocenters. The molecule has 4 heteroatoms. The van der Waals surface area contributed by atoms with E-state index < -0.39 is 0 Å². The Bertz CT molecular complexity index is 306. The summed E-state index contributed by atoms with van der Waals surface area (Å²) < 4.78 is 1.01. The first-order chi connectivity index (χ1) is 6.63. The number of aliphatic hydroxyl groups excluding tert-OH is 1. The predicted octanol–water partition coefficient (Wildman–Crippen LogP) is 2.57. The summed E-state index contributed by atoms with van der Waals surface area (Å²) in [5.74, 6) is 0. The number of rotatable bonds is 4. The number of halogens is 2. The highest BCUT2D eigenvalue weighted by Gasteiger charge is 2.03. The van der Waals surface area contributed by atoms with Gasteiger partial charge in [-0.25, -0.2) is 0 Å². The van der Waals surface area contributed by atoms with Crippen LogP contribution in [-0.4, -0.2) is 17.8 Å². The fraction of sp³-hybridized carbons (Fsp3) is 0.400. The van der Waals surface area contributed by atoms with Crippen LogP contribution in [0.1, 0.15) is 12.5 Å². The molecule has 0 aliphatic heterocycles. The van der Waals surface area contributed by atoms with Crippen LogP contribution in [-0.2, 0) is 6.54 Å². The summed E-state index contributed by atoms with van der Waals surface area (Å²) in [4.78, 5) is 0. The van der Waals surface area contributed by atoms with Gasteiger partial charge in [0.05, 0.1) is 6.61 Å². The van der Waals surface area contributed by atoms with Gasteiger partial charge < -0.3 is 10.4 Å². The van der Waals surface area contributed by atoms with Gasteiger partial charge in [-0.3, -0.25) is 0 Å². The van der Waals surface area contributed by atoms with Crippen LogP contribution < -0.4 is 5.32 Å². The van der Waals surface area contributed by atoms with Gasteiger partial charge in [0.1, 0.15) is 0 Å². The van der Waals surface area contributed by atoms with E-state index in [1.54, 1.807) is 0 Å². The summed E-state index contributed by atoms with van der Waals surface area (Å²) in [5.41, 5.74) is 1.03. The summed E-state index contributed by atoms with van der Waals surface area (Å²) in [5, 5.41) is 12.7. The minimum absolute atomic E-state index is 0.0880. The van der Waals surface area contributed by atoms with Gasteiger partial charge in [0.2, 0.25) is 0 Å². The number of hydrogen-bond donors (Lipinski definition) is 2. The second-order valence-corrected chi connectivity index (χ2v) is 4.52. The Kier molecular flexibility index (Phi) is 4.89. The van der Waals surface area contributed by atoms with Crippen molar-refractivity contribution in [1.29, 1.82) is 0 Å². The van der Waals surface area contributed by atoms with E-state index in [0.29, 0.717) is 6.54 Å². The van der Waals surface area contributed by atoms with E-state index in [-0.39, 0.29) is 12.6 Å². The van der Waals surface area contributed by atoms with Gasteiger partial charge in [-0.15, -0.1) is 0 Å². The molecule has 0 aliphatic carbocycles. The van der Waals surface area contributed by atoms with Gasteiger partial charge in [-0.1, -0.05) is 27.5 Å². The van der Waals surface area contributed by atoms with Gasteiger partial charge in [0.25, 0.3) is 0 Å². The molecular weight excluding hydrogens is 265 g/mol. The molecule has 0 saturated carbocycles. The largest absolute Gasteiger partial charge is 0.395 e. The normalized spacial score (nSPS) is 12.9. The predicted molar refractivity (Wildman–Crippen MR) is 62.5 cm³/mol. The molecule has 1 aromatic carbocycles. The van der Waals surface area contributed by atoms with Gasteiger partial charge in [-0.2, -0.15) is 0 Å². The summed E-state index contributed by atoms with van der Waals surface area (Å²) in [6.07, 6.45) is 0. The molecular formula is C10H13BrClNO. The Morgan fingerprint density at radius 2 is 2.29 bits per heavy atom. The molecule has 0 bridgehead atoms. The Labute approximate surface area is 97.4 Å². The Hall–Kier alpha value is -0.0900. The van der Waals surface area contributed by atoms with Crippen LogP contribution in [0.2, 0.25) is 5.02 Å². The Morgan fingerprint density at radius 1 is 1.57 bits per heavy atom. The van der Waals surface area contributed by atoms with Crippen LogP contribution >= 0.6 is 27.5 Å². The Balaban J connectivity index is 2.62. The highest BCUT2D eigenvalue weighted by molar-refractivity contribution is 9.10. The van der Waals surface area contributed by atoms with Crippen LogP contribution in [0.25, 0.3) is 0 Å². The van der Waals surface area contributed by atoms with Gasteiger partial charge in [0.15, 0.2) is 0 Å². The lowest BCUT2D eigenvalue weighted by molar-refractivity contribution is 0.251. The van der Waals surface area contributed by atoms with E-state index in [1.165, 1.54) is 0 Å². The third kappa shape index (κ3) is 3.58. The molecule has 0 aromatic heterocycles. The SMILES string of the molecule is C[C@H](CO)NCc1cc(Br)ccc1Cl. The molecule has 0 fully saturated rings. The fourth-order valence-electron chi connectivity index (χ4n) is 1.03. The number of hydrogen-bond acceptors (Lipinski definition) is 2. The maximum atomic E-state index is 8.83. The molecule has 0 amide bonds. The molecule has 0 saturated heterocycles. The van der Waals surface area contributed by atoms with Crippen molar-refractivity contribution >= 4 is 27.5 Å². The molecule has 78 valence electrons. The van der Waals surface area contributed by atoms with Crippen LogP contribution in [0, 0.1) is 0 Å². The first kappa shape index (κ1) is 12.0. The van der Waals surface area contributed by atoms with E-state index in [2.05, 4.69) is 21.2 Å². The zero-order valence-corrected chi connectivity index (χ0v) is 10.3. The van der Waals surface area contributed by atoms with E-state index in [1.807, 2.05) is 25.1 Å². The average Bonchev–Trinajstić information content (AvgIpc) is 2.19. The number of nitrogens with one attached hydrogen (secondary N) is 1. The molecule has 1 aromatic rings. The second kappa shape index (κ2) is 5.71. The summed E-state index contributed by atoms with van der Waals surface area (Å²) >= 11 is 9.38. The first-order valence-corrected chi connectivity index (χ1v) is 5.58. The van der Waals surface area contributed by atoms with Gasteiger partial charge >= 0.3 is 0 Å². The van der Waals surface area contributed by atoms with Crippen LogP contribution in [0.5, 0.6) is 0 Å². The molecule has 1 rings (SSSR count). The van der Waals surface area contributed by atoms with Crippen LogP contribution in [0.15, 0.2) is 22.7 Å². The molecule has 2 nitrogen and oxygen atoms in total. The first-order valence-electron chi connectivity index (χ1n) is 4.41. The molecule has 2 N–H and O–H groups in total. The highest BCUT2D eigenvalue weighted by Crippen LogP contribution is 2.20. The lowest BCUT2D eigenvalue weighted by Crippen LogP contribution is -2.28. The van der Waals surface area contributed by atoms with E-state index in [4.69, 9.17) is 16.7 Å². The highest BCUT2D eigenvalue weighted by atomic mass is 79.9. The van der Waals surface area contributed by atoms with Crippen molar-refractivity contribution in [3.63, 3.8) is 0 Å². The van der Waals surface area contributed by atoms with Gasteiger partial charge in [0, 0.05) is 22.1 Å². The van der Waals surface area contributed by atoms with E-state index >= 15 is 0 Å². The maximum Gasteiger partial charge on any atom is 0.0582 e. The summed E-state index contributed by atoms with van der Waals surface area (Å²) in [7, 11) is 0. The number of benzene rings is 1. The van der Waals surface area contributed by atoms with Crippen molar-refractivity contribution in [3.8, 4) is 0 Å². The van der Waals surface area contributed by atoms with Crippen molar-refractivity contribution in [2.75, 3.05) is 6.61 Å². The van der Waals surface area contributed by atoms with Crippen molar-refractivity contribution in [1.82, 2.24) is 5.32 Å². The monoisotopic (exact) mass is 277 g/mol. The van der Waals surface area contributed by atoms with Gasteiger partial charge in [-0.05, 0) is 30.7 Å². The minimum atomic E-state index is 0.0880. The standard InChI is InChI=1S/C10H13BrClNO/c1-7(6-14)13-5-8-4-9(11)2-3-10(8)12/h2-4,7,13-14H,5-6H2,1H3/t7-/m1/s1. The lowest BCUT2D eigenvalue weighted by atomic mass is 10.2. The van der Waals surface area contributed by atoms with Crippen molar-refractivity contribution in [3.05, 3.63) is 33.3 Å². The summed E-state index contributed by atoms with van der Waals surface area (Å²) in [6.45, 7) is 2.72. The van der Waals surface area contributed by atoms with Crippen LogP contribution in [0.4, 0.5) is 0 Å². The fourth-order valence-corrected chi connectivity index (χ4v) is 1.62. The average molecular weight is 279 g/mol.